The van der Waals surface area contributed by atoms with Crippen molar-refractivity contribution >= 4 is 17.5 Å². The molecule has 8 heteroatoms. The number of hydrogen-bond donors (Lipinski definition) is 0. The van der Waals surface area contributed by atoms with Gasteiger partial charge in [0.05, 0.1) is 18.0 Å². The van der Waals surface area contributed by atoms with E-state index in [1.165, 1.54) is 6.33 Å². The maximum atomic E-state index is 12.3. The number of aromatic nitrogens is 3. The SMILES string of the molecule is CN(CCn1cncn1)C(=O)Cc1cc(Cl)c2c(c1)OCCO2. The zero-order valence-corrected chi connectivity index (χ0v) is 13.5. The van der Waals surface area contributed by atoms with Gasteiger partial charge in [-0.3, -0.25) is 9.48 Å². The Morgan fingerprint density at radius 1 is 1.39 bits per heavy atom. The Morgan fingerprint density at radius 2 is 2.22 bits per heavy atom. The van der Waals surface area contributed by atoms with Crippen LogP contribution in [0.5, 0.6) is 11.5 Å². The van der Waals surface area contributed by atoms with E-state index in [0.29, 0.717) is 42.8 Å². The van der Waals surface area contributed by atoms with Crippen LogP contribution in [-0.4, -0.2) is 52.4 Å². The highest BCUT2D eigenvalue weighted by Gasteiger charge is 2.18. The molecular formula is C15H17ClN4O3. The maximum Gasteiger partial charge on any atom is 0.226 e. The van der Waals surface area contributed by atoms with Crippen molar-refractivity contribution in [3.8, 4) is 11.5 Å². The minimum absolute atomic E-state index is 0.00198. The monoisotopic (exact) mass is 336 g/mol. The number of ether oxygens (including phenoxy) is 2. The van der Waals surface area contributed by atoms with Crippen molar-refractivity contribution in [2.75, 3.05) is 26.8 Å². The van der Waals surface area contributed by atoms with Gasteiger partial charge in [0, 0.05) is 13.6 Å². The van der Waals surface area contributed by atoms with Crippen LogP contribution in [0.15, 0.2) is 24.8 Å². The summed E-state index contributed by atoms with van der Waals surface area (Å²) in [6.45, 7) is 2.12. The van der Waals surface area contributed by atoms with Crippen LogP contribution in [0, 0.1) is 0 Å². The van der Waals surface area contributed by atoms with Crippen molar-refractivity contribution in [1.29, 1.82) is 0 Å². The number of rotatable bonds is 5. The fraction of sp³-hybridized carbons (Fsp3) is 0.400. The van der Waals surface area contributed by atoms with Gasteiger partial charge < -0.3 is 14.4 Å². The number of carbonyl (C=O) groups excluding carboxylic acids is 1. The lowest BCUT2D eigenvalue weighted by atomic mass is 10.1. The molecule has 0 aliphatic carbocycles. The Balaban J connectivity index is 1.62. The first-order valence-electron chi connectivity index (χ1n) is 7.28. The molecule has 3 rings (SSSR count). The second-order valence-electron chi connectivity index (χ2n) is 5.25. The molecule has 0 spiro atoms. The number of likely N-dealkylation sites (N-methyl/N-ethyl adjacent to an activating group) is 1. The zero-order valence-electron chi connectivity index (χ0n) is 12.7. The molecule has 0 bridgehead atoms. The van der Waals surface area contributed by atoms with Crippen LogP contribution in [0.25, 0.3) is 0 Å². The van der Waals surface area contributed by atoms with Crippen molar-refractivity contribution in [2.24, 2.45) is 0 Å². The van der Waals surface area contributed by atoms with E-state index in [1.807, 2.05) is 6.07 Å². The van der Waals surface area contributed by atoms with E-state index < -0.39 is 0 Å². The Morgan fingerprint density at radius 3 is 3.00 bits per heavy atom. The number of amides is 1. The molecule has 1 aliphatic heterocycles. The van der Waals surface area contributed by atoms with E-state index >= 15 is 0 Å². The number of carbonyl (C=O) groups is 1. The molecule has 0 fully saturated rings. The minimum atomic E-state index is -0.00198. The molecule has 0 atom stereocenters. The van der Waals surface area contributed by atoms with Crippen LogP contribution in [-0.2, 0) is 17.8 Å². The summed E-state index contributed by atoms with van der Waals surface area (Å²) in [4.78, 5) is 17.8. The van der Waals surface area contributed by atoms with Crippen LogP contribution in [0.3, 0.4) is 0 Å². The fourth-order valence-corrected chi connectivity index (χ4v) is 2.59. The van der Waals surface area contributed by atoms with E-state index in [0.717, 1.165) is 5.56 Å². The highest BCUT2D eigenvalue weighted by atomic mass is 35.5. The molecule has 0 radical (unpaired) electrons. The van der Waals surface area contributed by atoms with Gasteiger partial charge in [0.15, 0.2) is 11.5 Å². The number of nitrogens with zero attached hydrogens (tertiary/aromatic N) is 4. The van der Waals surface area contributed by atoms with Gasteiger partial charge in [-0.25, -0.2) is 4.98 Å². The van der Waals surface area contributed by atoms with E-state index in [2.05, 4.69) is 10.1 Å². The molecule has 2 aromatic rings. The van der Waals surface area contributed by atoms with Gasteiger partial charge in [-0.15, -0.1) is 0 Å². The average molecular weight is 337 g/mol. The van der Waals surface area contributed by atoms with Crippen LogP contribution < -0.4 is 9.47 Å². The van der Waals surface area contributed by atoms with Crippen LogP contribution >= 0.6 is 11.6 Å². The molecule has 0 unspecified atom stereocenters. The quantitative estimate of drug-likeness (QED) is 0.825. The third-order valence-electron chi connectivity index (χ3n) is 3.57. The van der Waals surface area contributed by atoms with Crippen molar-refractivity contribution in [3.63, 3.8) is 0 Å². The van der Waals surface area contributed by atoms with Gasteiger partial charge in [-0.05, 0) is 17.7 Å². The normalized spacial score (nSPS) is 13.0. The van der Waals surface area contributed by atoms with Gasteiger partial charge in [0.25, 0.3) is 0 Å². The second-order valence-corrected chi connectivity index (χ2v) is 5.66. The third kappa shape index (κ3) is 3.73. The highest BCUT2D eigenvalue weighted by molar-refractivity contribution is 6.32. The standard InChI is InChI=1S/C15H17ClN4O3/c1-19(2-3-20-10-17-9-18-20)14(21)8-11-6-12(16)15-13(7-11)22-4-5-23-15/h6-7,9-10H,2-5,8H2,1H3. The van der Waals surface area contributed by atoms with Gasteiger partial charge in [0.1, 0.15) is 25.9 Å². The summed E-state index contributed by atoms with van der Waals surface area (Å²) in [6.07, 6.45) is 3.35. The Kier molecular flexibility index (Phi) is 4.66. The molecule has 1 aromatic carbocycles. The number of hydrogen-bond acceptors (Lipinski definition) is 5. The van der Waals surface area contributed by atoms with Crippen LogP contribution in [0.1, 0.15) is 5.56 Å². The van der Waals surface area contributed by atoms with Crippen molar-refractivity contribution in [2.45, 2.75) is 13.0 Å². The molecule has 122 valence electrons. The Bertz CT molecular complexity index is 690. The fourth-order valence-electron chi connectivity index (χ4n) is 2.30. The summed E-state index contributed by atoms with van der Waals surface area (Å²) < 4.78 is 12.7. The molecule has 2 heterocycles. The lowest BCUT2D eigenvalue weighted by Crippen LogP contribution is -2.31. The maximum absolute atomic E-state index is 12.3. The first-order chi connectivity index (χ1) is 11.1. The van der Waals surface area contributed by atoms with E-state index in [9.17, 15) is 4.79 Å². The molecule has 0 N–H and O–H groups in total. The molecule has 7 nitrogen and oxygen atoms in total. The number of fused-ring (bicyclic) bond motifs is 1. The summed E-state index contributed by atoms with van der Waals surface area (Å²) >= 11 is 6.19. The summed E-state index contributed by atoms with van der Waals surface area (Å²) in [5.74, 6) is 1.14. The molecule has 0 saturated carbocycles. The smallest absolute Gasteiger partial charge is 0.226 e. The topological polar surface area (TPSA) is 69.5 Å². The predicted molar refractivity (Wildman–Crippen MR) is 83.8 cm³/mol. The summed E-state index contributed by atoms with van der Waals surface area (Å²) in [6, 6.07) is 3.56. The lowest BCUT2D eigenvalue weighted by molar-refractivity contribution is -0.129. The van der Waals surface area contributed by atoms with Gasteiger partial charge in [-0.2, -0.15) is 5.10 Å². The largest absolute Gasteiger partial charge is 0.486 e. The van der Waals surface area contributed by atoms with Crippen LogP contribution in [0.4, 0.5) is 0 Å². The number of benzene rings is 1. The lowest BCUT2D eigenvalue weighted by Gasteiger charge is -2.21. The third-order valence-corrected chi connectivity index (χ3v) is 3.85. The molecule has 0 saturated heterocycles. The first-order valence-corrected chi connectivity index (χ1v) is 7.65. The van der Waals surface area contributed by atoms with E-state index in [1.54, 1.807) is 29.0 Å². The van der Waals surface area contributed by atoms with Crippen molar-refractivity contribution in [3.05, 3.63) is 35.4 Å². The summed E-state index contributed by atoms with van der Waals surface area (Å²) in [5, 5.41) is 4.48. The molecule has 1 aromatic heterocycles. The second kappa shape index (κ2) is 6.87. The molecule has 1 aliphatic rings. The predicted octanol–water partition coefficient (Wildman–Crippen LogP) is 1.40. The van der Waals surface area contributed by atoms with E-state index in [-0.39, 0.29) is 12.3 Å². The van der Waals surface area contributed by atoms with Gasteiger partial charge in [-0.1, -0.05) is 11.6 Å². The summed E-state index contributed by atoms with van der Waals surface area (Å²) in [5.41, 5.74) is 0.803. The summed E-state index contributed by atoms with van der Waals surface area (Å²) in [7, 11) is 1.76. The number of halogens is 1. The van der Waals surface area contributed by atoms with Gasteiger partial charge in [0.2, 0.25) is 5.91 Å². The Hall–Kier alpha value is -2.28. The Labute approximate surface area is 138 Å². The van der Waals surface area contributed by atoms with E-state index in [4.69, 9.17) is 21.1 Å². The minimum Gasteiger partial charge on any atom is -0.486 e. The van der Waals surface area contributed by atoms with Crippen molar-refractivity contribution < 1.29 is 14.3 Å². The average Bonchev–Trinajstić information content (AvgIpc) is 3.06. The molecule has 1 amide bonds. The van der Waals surface area contributed by atoms with Crippen molar-refractivity contribution in [1.82, 2.24) is 19.7 Å². The highest BCUT2D eigenvalue weighted by Crippen LogP contribution is 2.38. The van der Waals surface area contributed by atoms with Gasteiger partial charge >= 0.3 is 0 Å². The first kappa shape index (κ1) is 15.6. The molecule has 23 heavy (non-hydrogen) atoms. The molecular weight excluding hydrogens is 320 g/mol. The van der Waals surface area contributed by atoms with Crippen LogP contribution in [0.2, 0.25) is 5.02 Å². The zero-order chi connectivity index (χ0) is 16.2.